The first-order valence-corrected chi connectivity index (χ1v) is 7.11. The number of benzene rings is 2. The number of aromatic nitrogens is 2. The summed E-state index contributed by atoms with van der Waals surface area (Å²) in [5.41, 5.74) is 4.38. The van der Waals surface area contributed by atoms with Crippen molar-refractivity contribution in [2.75, 3.05) is 5.32 Å². The third-order valence-corrected chi connectivity index (χ3v) is 3.55. The molecule has 0 saturated carbocycles. The second-order valence-corrected chi connectivity index (χ2v) is 5.26. The van der Waals surface area contributed by atoms with Gasteiger partial charge >= 0.3 is 0 Å². The van der Waals surface area contributed by atoms with E-state index in [9.17, 15) is 4.79 Å². The van der Waals surface area contributed by atoms with Crippen LogP contribution < -0.4 is 5.32 Å². The molecule has 3 aromatic rings. The van der Waals surface area contributed by atoms with Crippen LogP contribution >= 0.6 is 0 Å². The normalized spacial score (nSPS) is 10.5. The SMILES string of the molecule is Cc1ccc(C)c(NC(=O)c2cncn2-c2ccccc2)c1. The van der Waals surface area contributed by atoms with Gasteiger partial charge in [0.25, 0.3) is 5.91 Å². The summed E-state index contributed by atoms with van der Waals surface area (Å²) in [5, 5.41) is 2.96. The number of rotatable bonds is 3. The molecular formula is C18H17N3O. The van der Waals surface area contributed by atoms with E-state index in [4.69, 9.17) is 0 Å². The molecule has 4 heteroatoms. The van der Waals surface area contributed by atoms with Crippen molar-refractivity contribution >= 4 is 11.6 Å². The minimum absolute atomic E-state index is 0.171. The highest BCUT2D eigenvalue weighted by Crippen LogP contribution is 2.18. The Kier molecular flexibility index (Phi) is 3.74. The van der Waals surface area contributed by atoms with E-state index < -0.39 is 0 Å². The van der Waals surface area contributed by atoms with Crippen molar-refractivity contribution in [1.29, 1.82) is 0 Å². The molecule has 3 rings (SSSR count). The summed E-state index contributed by atoms with van der Waals surface area (Å²) in [7, 11) is 0. The van der Waals surface area contributed by atoms with Gasteiger partial charge in [0.05, 0.1) is 12.5 Å². The number of amides is 1. The molecule has 0 aliphatic rings. The molecular weight excluding hydrogens is 274 g/mol. The van der Waals surface area contributed by atoms with Gasteiger partial charge in [-0.3, -0.25) is 9.36 Å². The lowest BCUT2D eigenvalue weighted by Crippen LogP contribution is -2.16. The third kappa shape index (κ3) is 2.76. The third-order valence-electron chi connectivity index (χ3n) is 3.55. The summed E-state index contributed by atoms with van der Waals surface area (Å²) < 4.78 is 1.78. The van der Waals surface area contributed by atoms with Crippen LogP contribution in [0.5, 0.6) is 0 Å². The first kappa shape index (κ1) is 14.1. The molecule has 1 aromatic heterocycles. The largest absolute Gasteiger partial charge is 0.320 e. The Bertz CT molecular complexity index is 806. The van der Waals surface area contributed by atoms with Crippen molar-refractivity contribution in [3.63, 3.8) is 0 Å². The van der Waals surface area contributed by atoms with Gasteiger partial charge in [0.1, 0.15) is 5.69 Å². The zero-order chi connectivity index (χ0) is 15.5. The van der Waals surface area contributed by atoms with Crippen LogP contribution in [0.1, 0.15) is 21.6 Å². The Labute approximate surface area is 129 Å². The lowest BCUT2D eigenvalue weighted by molar-refractivity contribution is 0.102. The van der Waals surface area contributed by atoms with Gasteiger partial charge in [-0.1, -0.05) is 30.3 Å². The van der Waals surface area contributed by atoms with Crippen molar-refractivity contribution in [3.05, 3.63) is 77.9 Å². The van der Waals surface area contributed by atoms with Crippen molar-refractivity contribution in [2.24, 2.45) is 0 Å². The van der Waals surface area contributed by atoms with Gasteiger partial charge in [-0.25, -0.2) is 4.98 Å². The van der Waals surface area contributed by atoms with Crippen molar-refractivity contribution in [2.45, 2.75) is 13.8 Å². The van der Waals surface area contributed by atoms with Crippen molar-refractivity contribution < 1.29 is 4.79 Å². The second-order valence-electron chi connectivity index (χ2n) is 5.26. The van der Waals surface area contributed by atoms with Crippen LogP contribution in [0.4, 0.5) is 5.69 Å². The number of para-hydroxylation sites is 1. The minimum Gasteiger partial charge on any atom is -0.320 e. The number of hydrogen-bond donors (Lipinski definition) is 1. The number of hydrogen-bond acceptors (Lipinski definition) is 2. The van der Waals surface area contributed by atoms with Gasteiger partial charge in [0, 0.05) is 11.4 Å². The molecule has 0 saturated heterocycles. The predicted octanol–water partition coefficient (Wildman–Crippen LogP) is 3.74. The fourth-order valence-corrected chi connectivity index (χ4v) is 2.31. The zero-order valence-electron chi connectivity index (χ0n) is 12.6. The van der Waals surface area contributed by atoms with Gasteiger partial charge in [-0.15, -0.1) is 0 Å². The number of carbonyl (C=O) groups is 1. The number of nitrogens with one attached hydrogen (secondary N) is 1. The molecule has 2 aromatic carbocycles. The number of aryl methyl sites for hydroxylation is 2. The maximum Gasteiger partial charge on any atom is 0.274 e. The van der Waals surface area contributed by atoms with Crippen LogP contribution in [0.2, 0.25) is 0 Å². The summed E-state index contributed by atoms with van der Waals surface area (Å²) in [6.45, 7) is 3.98. The van der Waals surface area contributed by atoms with Crippen LogP contribution in [0.25, 0.3) is 5.69 Å². The van der Waals surface area contributed by atoms with Crippen LogP contribution in [-0.2, 0) is 0 Å². The molecule has 0 fully saturated rings. The number of nitrogens with zero attached hydrogens (tertiary/aromatic N) is 2. The van der Waals surface area contributed by atoms with E-state index >= 15 is 0 Å². The van der Waals surface area contributed by atoms with Gasteiger partial charge < -0.3 is 5.32 Å². The molecule has 0 aliphatic heterocycles. The summed E-state index contributed by atoms with van der Waals surface area (Å²) >= 11 is 0. The van der Waals surface area contributed by atoms with Crippen LogP contribution in [0.15, 0.2) is 61.1 Å². The van der Waals surface area contributed by atoms with E-state index in [1.165, 1.54) is 0 Å². The molecule has 0 unspecified atom stereocenters. The molecule has 0 atom stereocenters. The van der Waals surface area contributed by atoms with Crippen LogP contribution in [-0.4, -0.2) is 15.5 Å². The Balaban J connectivity index is 1.91. The molecule has 0 spiro atoms. The molecule has 1 heterocycles. The molecule has 4 nitrogen and oxygen atoms in total. The molecule has 1 N–H and O–H groups in total. The van der Waals surface area contributed by atoms with Crippen molar-refractivity contribution in [3.8, 4) is 5.69 Å². The molecule has 0 radical (unpaired) electrons. The number of imidazole rings is 1. The minimum atomic E-state index is -0.171. The van der Waals surface area contributed by atoms with E-state index in [1.54, 1.807) is 17.1 Å². The zero-order valence-corrected chi connectivity index (χ0v) is 12.6. The average Bonchev–Trinajstić information content (AvgIpc) is 3.01. The summed E-state index contributed by atoms with van der Waals surface area (Å²) in [5.74, 6) is -0.171. The highest BCUT2D eigenvalue weighted by Gasteiger charge is 2.14. The molecule has 110 valence electrons. The lowest BCUT2D eigenvalue weighted by Gasteiger charge is -2.11. The summed E-state index contributed by atoms with van der Waals surface area (Å²) in [6.07, 6.45) is 3.22. The maximum absolute atomic E-state index is 12.6. The fourth-order valence-electron chi connectivity index (χ4n) is 2.31. The maximum atomic E-state index is 12.6. The predicted molar refractivity (Wildman–Crippen MR) is 87.4 cm³/mol. The highest BCUT2D eigenvalue weighted by molar-refractivity contribution is 6.03. The fraction of sp³-hybridized carbons (Fsp3) is 0.111. The molecule has 1 amide bonds. The first-order chi connectivity index (χ1) is 10.6. The quantitative estimate of drug-likeness (QED) is 0.799. The van der Waals surface area contributed by atoms with Crippen molar-refractivity contribution in [1.82, 2.24) is 9.55 Å². The Morgan fingerprint density at radius 3 is 2.64 bits per heavy atom. The second kappa shape index (κ2) is 5.85. The smallest absolute Gasteiger partial charge is 0.274 e. The van der Waals surface area contributed by atoms with E-state index in [1.807, 2.05) is 62.4 Å². The van der Waals surface area contributed by atoms with Gasteiger partial charge in [-0.05, 0) is 43.2 Å². The summed E-state index contributed by atoms with van der Waals surface area (Å²) in [4.78, 5) is 16.7. The monoisotopic (exact) mass is 291 g/mol. The van der Waals surface area contributed by atoms with E-state index in [-0.39, 0.29) is 5.91 Å². The van der Waals surface area contributed by atoms with Crippen LogP contribution in [0, 0.1) is 13.8 Å². The van der Waals surface area contributed by atoms with Gasteiger partial charge in [0.2, 0.25) is 0 Å². The number of anilines is 1. The number of carbonyl (C=O) groups excluding carboxylic acids is 1. The Morgan fingerprint density at radius 2 is 1.86 bits per heavy atom. The summed E-state index contributed by atoms with van der Waals surface area (Å²) in [6, 6.07) is 15.7. The van der Waals surface area contributed by atoms with Gasteiger partial charge in [0.15, 0.2) is 0 Å². The van der Waals surface area contributed by atoms with Crippen LogP contribution in [0.3, 0.4) is 0 Å². The first-order valence-electron chi connectivity index (χ1n) is 7.11. The Hall–Kier alpha value is -2.88. The highest BCUT2D eigenvalue weighted by atomic mass is 16.2. The average molecular weight is 291 g/mol. The lowest BCUT2D eigenvalue weighted by atomic mass is 10.1. The molecule has 22 heavy (non-hydrogen) atoms. The standard InChI is InChI=1S/C18H17N3O/c1-13-8-9-14(2)16(10-13)20-18(22)17-11-19-12-21(17)15-6-4-3-5-7-15/h3-12H,1-2H3,(H,20,22). The van der Waals surface area contributed by atoms with E-state index in [0.29, 0.717) is 5.69 Å². The van der Waals surface area contributed by atoms with E-state index in [2.05, 4.69) is 10.3 Å². The molecule has 0 bridgehead atoms. The van der Waals surface area contributed by atoms with E-state index in [0.717, 1.165) is 22.5 Å². The topological polar surface area (TPSA) is 46.9 Å². The Morgan fingerprint density at radius 1 is 1.09 bits per heavy atom. The molecule has 0 aliphatic carbocycles. The van der Waals surface area contributed by atoms with Gasteiger partial charge in [-0.2, -0.15) is 0 Å².